The smallest absolute Gasteiger partial charge is 0.125 e. The van der Waals surface area contributed by atoms with Crippen LogP contribution in [0, 0.1) is 0 Å². The Labute approximate surface area is 73.2 Å². The maximum absolute atomic E-state index is 9.78. The fourth-order valence-corrected chi connectivity index (χ4v) is 1.45. The average Bonchev–Trinajstić information content (AvgIpc) is 2.02. The van der Waals surface area contributed by atoms with Gasteiger partial charge in [0.25, 0.3) is 0 Å². The average molecular weight is 165 g/mol. The summed E-state index contributed by atoms with van der Waals surface area (Å²) in [6.45, 7) is 1.86. The Morgan fingerprint density at radius 1 is 1.58 bits per heavy atom. The molecule has 0 radical (unpaired) electrons. The number of para-hydroxylation sites is 1. The van der Waals surface area contributed by atoms with Crippen LogP contribution >= 0.6 is 0 Å². The molecule has 0 aliphatic carbocycles. The van der Waals surface area contributed by atoms with E-state index in [9.17, 15) is 5.11 Å². The van der Waals surface area contributed by atoms with Crippen LogP contribution in [0.3, 0.4) is 0 Å². The van der Waals surface area contributed by atoms with Gasteiger partial charge in [-0.25, -0.2) is 0 Å². The predicted octanol–water partition coefficient (Wildman–Crippen LogP) is 1.89. The lowest BCUT2D eigenvalue weighted by Crippen LogP contribution is -2.22. The number of hydrogen-bond acceptors (Lipinski definition) is 2. The van der Waals surface area contributed by atoms with E-state index in [1.54, 1.807) is 18.2 Å². The molecule has 0 unspecified atom stereocenters. The Bertz CT molecular complexity index is 322. The highest BCUT2D eigenvalue weighted by Crippen LogP contribution is 2.33. The van der Waals surface area contributed by atoms with Gasteiger partial charge in [0.2, 0.25) is 0 Å². The highest BCUT2D eigenvalue weighted by Gasteiger charge is 2.22. The predicted molar refractivity (Wildman–Crippen MR) is 46.1 cm³/mol. The Kier molecular flexibility index (Phi) is 1.51. The monoisotopic (exact) mass is 165 g/mol. The lowest BCUT2D eigenvalue weighted by atomic mass is 10.0. The molecule has 1 N–H and O–H groups in total. The molecule has 1 aliphatic heterocycles. The lowest BCUT2D eigenvalue weighted by Gasteiger charge is -2.26. The molecule has 2 nitrogen and oxygen atoms in total. The van der Waals surface area contributed by atoms with Crippen molar-refractivity contribution in [2.24, 2.45) is 0 Å². The topological polar surface area (TPSA) is 29.5 Å². The molecule has 0 aromatic heterocycles. The Balaban J connectivity index is 2.50. The molecule has 12 heavy (non-hydrogen) atoms. The van der Waals surface area contributed by atoms with Crippen molar-refractivity contribution in [3.05, 3.63) is 29.8 Å². The van der Waals surface area contributed by atoms with E-state index in [2.05, 4.69) is 0 Å². The third kappa shape index (κ3) is 1.18. The molecule has 0 fully saturated rings. The van der Waals surface area contributed by atoms with Gasteiger partial charge in [0.05, 0.1) is 13.6 Å². The fraction of sp³-hybridized carbons (Fsp3) is 0.400. The van der Waals surface area contributed by atoms with Crippen molar-refractivity contribution in [3.8, 4) is 5.75 Å². The van der Waals surface area contributed by atoms with Gasteiger partial charge in [0.1, 0.15) is 5.75 Å². The van der Waals surface area contributed by atoms with Crippen molar-refractivity contribution in [3.63, 3.8) is 0 Å². The summed E-state index contributed by atoms with van der Waals surface area (Å²) < 4.78 is 13.2. The first-order valence-corrected chi connectivity index (χ1v) is 4.08. The Morgan fingerprint density at radius 3 is 3.17 bits per heavy atom. The summed E-state index contributed by atoms with van der Waals surface area (Å²) in [5, 5.41) is 9.78. The van der Waals surface area contributed by atoms with E-state index in [1.165, 1.54) is 0 Å². The second-order valence-corrected chi connectivity index (χ2v) is 3.08. The first-order valence-electron chi connectivity index (χ1n) is 4.58. The summed E-state index contributed by atoms with van der Waals surface area (Å²) in [5.41, 5.74) is 0.563. The van der Waals surface area contributed by atoms with Crippen molar-refractivity contribution in [1.29, 1.82) is 0 Å². The third-order valence-electron chi connectivity index (χ3n) is 2.01. The summed E-state index contributed by atoms with van der Waals surface area (Å²) >= 11 is 0. The van der Waals surface area contributed by atoms with Gasteiger partial charge in [0, 0.05) is 12.0 Å². The summed E-state index contributed by atoms with van der Waals surface area (Å²) in [7, 11) is 0. The number of ether oxygens (including phenoxy) is 1. The third-order valence-corrected chi connectivity index (χ3v) is 2.01. The molecule has 0 bridgehead atoms. The molecule has 0 saturated heterocycles. The van der Waals surface area contributed by atoms with Gasteiger partial charge in [-0.1, -0.05) is 18.2 Å². The SMILES string of the molecule is [2H][C@]1(O)C[C@H](C)Oc2ccccc21. The Hall–Kier alpha value is -1.02. The van der Waals surface area contributed by atoms with Gasteiger partial charge in [-0.15, -0.1) is 0 Å². The number of rotatable bonds is 0. The van der Waals surface area contributed by atoms with Gasteiger partial charge in [-0.05, 0) is 13.0 Å². The first kappa shape index (κ1) is 6.49. The van der Waals surface area contributed by atoms with E-state index in [4.69, 9.17) is 6.11 Å². The van der Waals surface area contributed by atoms with Gasteiger partial charge in [-0.3, -0.25) is 0 Å². The molecule has 1 aromatic carbocycles. The van der Waals surface area contributed by atoms with E-state index < -0.39 is 6.08 Å². The van der Waals surface area contributed by atoms with Gasteiger partial charge in [-0.2, -0.15) is 0 Å². The molecule has 2 atom stereocenters. The van der Waals surface area contributed by atoms with E-state index in [0.717, 1.165) is 0 Å². The zero-order chi connectivity index (χ0) is 9.47. The molecule has 0 amide bonds. The van der Waals surface area contributed by atoms with Crippen LogP contribution in [0.1, 0.15) is 26.4 Å². The molecule has 2 heteroatoms. The lowest BCUT2D eigenvalue weighted by molar-refractivity contribution is 0.0749. The molecular weight excluding hydrogens is 152 g/mol. The maximum atomic E-state index is 9.78. The van der Waals surface area contributed by atoms with Crippen molar-refractivity contribution in [2.45, 2.75) is 25.5 Å². The molecule has 0 saturated carbocycles. The van der Waals surface area contributed by atoms with E-state index in [1.807, 2.05) is 13.0 Å². The van der Waals surface area contributed by atoms with Crippen LogP contribution in [0.2, 0.25) is 0 Å². The number of benzene rings is 1. The summed E-state index contributed by atoms with van der Waals surface area (Å²) in [4.78, 5) is 0. The van der Waals surface area contributed by atoms with E-state index in [-0.39, 0.29) is 6.10 Å². The van der Waals surface area contributed by atoms with Crippen LogP contribution in [-0.2, 0) is 0 Å². The van der Waals surface area contributed by atoms with Crippen molar-refractivity contribution in [2.75, 3.05) is 0 Å². The van der Waals surface area contributed by atoms with Crippen LogP contribution in [0.15, 0.2) is 24.3 Å². The molecule has 2 rings (SSSR count). The molecule has 1 aliphatic rings. The maximum Gasteiger partial charge on any atom is 0.125 e. The van der Waals surface area contributed by atoms with Crippen LogP contribution in [0.25, 0.3) is 0 Å². The van der Waals surface area contributed by atoms with Crippen molar-refractivity contribution in [1.82, 2.24) is 0 Å². The second-order valence-electron chi connectivity index (χ2n) is 3.08. The zero-order valence-corrected chi connectivity index (χ0v) is 6.95. The van der Waals surface area contributed by atoms with Gasteiger partial charge >= 0.3 is 0 Å². The van der Waals surface area contributed by atoms with Crippen molar-refractivity contribution < 1.29 is 11.2 Å². The minimum Gasteiger partial charge on any atom is -0.490 e. The summed E-state index contributed by atoms with van der Waals surface area (Å²) in [6, 6.07) is 7.16. The van der Waals surface area contributed by atoms with Crippen LogP contribution < -0.4 is 4.74 Å². The standard InChI is InChI=1S/C10H12O2/c1-7-6-9(11)8-4-2-3-5-10(8)12-7/h2-5,7,9,11H,6H2,1H3/t7-,9-/m0/s1/i9D. The number of aliphatic hydroxyl groups is 1. The van der Waals surface area contributed by atoms with E-state index >= 15 is 0 Å². The first-order chi connectivity index (χ1) is 6.09. The fourth-order valence-electron chi connectivity index (χ4n) is 1.45. The van der Waals surface area contributed by atoms with Gasteiger partial charge < -0.3 is 9.84 Å². The van der Waals surface area contributed by atoms with Gasteiger partial charge in [0.15, 0.2) is 0 Å². The second kappa shape index (κ2) is 2.79. The molecule has 0 spiro atoms. The quantitative estimate of drug-likeness (QED) is 0.636. The van der Waals surface area contributed by atoms with Crippen molar-refractivity contribution >= 4 is 0 Å². The normalized spacial score (nSPS) is 34.8. The largest absolute Gasteiger partial charge is 0.490 e. The number of hydrogen-bond donors (Lipinski definition) is 1. The van der Waals surface area contributed by atoms with Crippen LogP contribution in [0.4, 0.5) is 0 Å². The molecule has 64 valence electrons. The highest BCUT2D eigenvalue weighted by atomic mass is 16.5. The Morgan fingerprint density at radius 2 is 2.33 bits per heavy atom. The van der Waals surface area contributed by atoms with E-state index in [0.29, 0.717) is 17.7 Å². The zero-order valence-electron chi connectivity index (χ0n) is 7.95. The highest BCUT2D eigenvalue weighted by molar-refractivity contribution is 5.36. The number of fused-ring (bicyclic) bond motifs is 1. The van der Waals surface area contributed by atoms with Crippen LogP contribution in [0.5, 0.6) is 5.75 Å². The minimum absolute atomic E-state index is 0.0996. The minimum atomic E-state index is -1.49. The summed E-state index contributed by atoms with van der Waals surface area (Å²) in [6.07, 6.45) is -1.27. The van der Waals surface area contributed by atoms with Crippen LogP contribution in [-0.4, -0.2) is 11.2 Å². The molecular formula is C10H12O2. The molecule has 1 heterocycles. The summed E-state index contributed by atoms with van der Waals surface area (Å²) in [5.74, 6) is 0.624. The molecule has 1 aromatic rings.